The zero-order valence-corrected chi connectivity index (χ0v) is 12.1. The summed E-state index contributed by atoms with van der Waals surface area (Å²) in [5.41, 5.74) is 1.32. The van der Waals surface area contributed by atoms with E-state index in [4.69, 9.17) is 0 Å². The lowest BCUT2D eigenvalue weighted by Gasteiger charge is -2.27. The highest BCUT2D eigenvalue weighted by atomic mass is 15.1. The van der Waals surface area contributed by atoms with E-state index in [2.05, 4.69) is 46.2 Å². The summed E-state index contributed by atoms with van der Waals surface area (Å²) < 4.78 is 0. The molecule has 0 radical (unpaired) electrons. The van der Waals surface area contributed by atoms with Crippen LogP contribution in [0.4, 0.5) is 0 Å². The molecule has 0 saturated carbocycles. The van der Waals surface area contributed by atoms with Crippen molar-refractivity contribution in [3.63, 3.8) is 0 Å². The third kappa shape index (κ3) is 7.92. The number of allylic oxidation sites excluding steroid dienone is 1. The highest BCUT2D eigenvalue weighted by Crippen LogP contribution is 2.11. The number of nitrogens with zero attached hydrogens (tertiary/aromatic N) is 1. The van der Waals surface area contributed by atoms with Crippen LogP contribution >= 0.6 is 0 Å². The SMILES string of the molecule is C=C(C)CCCCCCN(C)C(C)C(C)C. The van der Waals surface area contributed by atoms with Crippen LogP contribution in [-0.2, 0) is 0 Å². The van der Waals surface area contributed by atoms with E-state index >= 15 is 0 Å². The fraction of sp³-hybridized carbons (Fsp3) is 0.867. The molecule has 1 atom stereocenters. The molecule has 1 unspecified atom stereocenters. The molecular formula is C15H31N. The zero-order valence-electron chi connectivity index (χ0n) is 12.1. The quantitative estimate of drug-likeness (QED) is 0.413. The molecule has 0 aromatic rings. The Hall–Kier alpha value is -0.300. The minimum atomic E-state index is 0.704. The van der Waals surface area contributed by atoms with Gasteiger partial charge in [0.25, 0.3) is 0 Å². The zero-order chi connectivity index (χ0) is 12.6. The monoisotopic (exact) mass is 225 g/mol. The van der Waals surface area contributed by atoms with Gasteiger partial charge in [0, 0.05) is 6.04 Å². The van der Waals surface area contributed by atoms with Gasteiger partial charge in [-0.15, -0.1) is 6.58 Å². The fourth-order valence-electron chi connectivity index (χ4n) is 1.85. The van der Waals surface area contributed by atoms with Crippen molar-refractivity contribution in [2.24, 2.45) is 5.92 Å². The summed E-state index contributed by atoms with van der Waals surface area (Å²) in [7, 11) is 2.25. The van der Waals surface area contributed by atoms with Crippen LogP contribution in [0.25, 0.3) is 0 Å². The van der Waals surface area contributed by atoms with E-state index in [0.29, 0.717) is 6.04 Å². The first-order chi connectivity index (χ1) is 7.45. The standard InChI is InChI=1S/C15H31N/c1-13(2)11-9-7-8-10-12-16(6)15(5)14(3)4/h14-15H,1,7-12H2,2-6H3. The Kier molecular flexibility index (Phi) is 8.64. The second-order valence-electron chi connectivity index (χ2n) is 5.59. The molecule has 1 nitrogen and oxygen atoms in total. The lowest BCUT2D eigenvalue weighted by molar-refractivity contribution is 0.204. The van der Waals surface area contributed by atoms with Gasteiger partial charge in [-0.2, -0.15) is 0 Å². The first-order valence-electron chi connectivity index (χ1n) is 6.79. The Morgan fingerprint density at radius 1 is 1.06 bits per heavy atom. The highest BCUT2D eigenvalue weighted by molar-refractivity contribution is 4.86. The highest BCUT2D eigenvalue weighted by Gasteiger charge is 2.11. The summed E-state index contributed by atoms with van der Waals surface area (Å²) in [5, 5.41) is 0. The first kappa shape index (κ1) is 15.7. The van der Waals surface area contributed by atoms with Gasteiger partial charge in [0.05, 0.1) is 0 Å². The van der Waals surface area contributed by atoms with Crippen molar-refractivity contribution in [1.29, 1.82) is 0 Å². The number of unbranched alkanes of at least 4 members (excludes halogenated alkanes) is 3. The Labute approximate surface area is 103 Å². The van der Waals surface area contributed by atoms with Crippen LogP contribution in [0.15, 0.2) is 12.2 Å². The van der Waals surface area contributed by atoms with Crippen LogP contribution in [0.3, 0.4) is 0 Å². The van der Waals surface area contributed by atoms with Gasteiger partial charge in [0.2, 0.25) is 0 Å². The van der Waals surface area contributed by atoms with Crippen LogP contribution in [0.5, 0.6) is 0 Å². The van der Waals surface area contributed by atoms with Crippen LogP contribution in [-0.4, -0.2) is 24.5 Å². The molecule has 0 amide bonds. The molecule has 0 N–H and O–H groups in total. The molecule has 1 heteroatoms. The third-order valence-corrected chi connectivity index (χ3v) is 3.52. The normalized spacial score (nSPS) is 13.4. The predicted octanol–water partition coefficient (Wildman–Crippen LogP) is 4.49. The molecule has 0 fully saturated rings. The number of hydrogen-bond acceptors (Lipinski definition) is 1. The van der Waals surface area contributed by atoms with Crippen LogP contribution in [0.2, 0.25) is 0 Å². The van der Waals surface area contributed by atoms with Gasteiger partial charge in [-0.1, -0.05) is 32.3 Å². The minimum absolute atomic E-state index is 0.704. The van der Waals surface area contributed by atoms with Crippen molar-refractivity contribution in [2.75, 3.05) is 13.6 Å². The third-order valence-electron chi connectivity index (χ3n) is 3.52. The van der Waals surface area contributed by atoms with Crippen molar-refractivity contribution in [2.45, 2.75) is 65.8 Å². The van der Waals surface area contributed by atoms with E-state index in [9.17, 15) is 0 Å². The molecule has 0 aliphatic rings. The minimum Gasteiger partial charge on any atom is -0.303 e. The predicted molar refractivity (Wildman–Crippen MR) is 74.8 cm³/mol. The summed E-state index contributed by atoms with van der Waals surface area (Å²) in [5.74, 6) is 0.758. The second-order valence-corrected chi connectivity index (χ2v) is 5.59. The van der Waals surface area contributed by atoms with E-state index in [-0.39, 0.29) is 0 Å². The van der Waals surface area contributed by atoms with Crippen LogP contribution in [0, 0.1) is 5.92 Å². The van der Waals surface area contributed by atoms with Crippen LogP contribution in [0.1, 0.15) is 59.8 Å². The second kappa shape index (κ2) is 8.81. The number of hydrogen-bond donors (Lipinski definition) is 0. The summed E-state index contributed by atoms with van der Waals surface area (Å²) in [6, 6.07) is 0.704. The molecule has 0 aromatic carbocycles. The van der Waals surface area contributed by atoms with Gasteiger partial charge in [-0.05, 0) is 52.6 Å². The summed E-state index contributed by atoms with van der Waals surface area (Å²) in [6.07, 6.45) is 6.58. The molecule has 0 rings (SSSR count). The summed E-state index contributed by atoms with van der Waals surface area (Å²) in [4.78, 5) is 2.49. The lowest BCUT2D eigenvalue weighted by Crippen LogP contribution is -2.33. The average Bonchev–Trinajstić information content (AvgIpc) is 2.21. The molecule has 0 heterocycles. The van der Waals surface area contributed by atoms with Crippen molar-refractivity contribution >= 4 is 0 Å². The molecule has 0 aliphatic carbocycles. The maximum absolute atomic E-state index is 3.94. The molecular weight excluding hydrogens is 194 g/mol. The molecule has 0 aliphatic heterocycles. The van der Waals surface area contributed by atoms with Crippen molar-refractivity contribution < 1.29 is 0 Å². The van der Waals surface area contributed by atoms with E-state index in [1.54, 1.807) is 0 Å². The topological polar surface area (TPSA) is 3.24 Å². The van der Waals surface area contributed by atoms with E-state index < -0.39 is 0 Å². The van der Waals surface area contributed by atoms with Crippen molar-refractivity contribution in [3.8, 4) is 0 Å². The van der Waals surface area contributed by atoms with Gasteiger partial charge >= 0.3 is 0 Å². The lowest BCUT2D eigenvalue weighted by atomic mass is 10.0. The van der Waals surface area contributed by atoms with Crippen molar-refractivity contribution in [3.05, 3.63) is 12.2 Å². The molecule has 0 saturated heterocycles. The van der Waals surface area contributed by atoms with Gasteiger partial charge < -0.3 is 4.90 Å². The average molecular weight is 225 g/mol. The van der Waals surface area contributed by atoms with Gasteiger partial charge in [-0.25, -0.2) is 0 Å². The Morgan fingerprint density at radius 3 is 2.12 bits per heavy atom. The van der Waals surface area contributed by atoms with E-state index in [1.165, 1.54) is 44.2 Å². The summed E-state index contributed by atoms with van der Waals surface area (Å²) >= 11 is 0. The molecule has 0 spiro atoms. The molecule has 0 aromatic heterocycles. The Morgan fingerprint density at radius 2 is 1.62 bits per heavy atom. The van der Waals surface area contributed by atoms with E-state index in [1.807, 2.05) is 0 Å². The molecule has 16 heavy (non-hydrogen) atoms. The maximum atomic E-state index is 3.94. The Balaban J connectivity index is 3.41. The van der Waals surface area contributed by atoms with E-state index in [0.717, 1.165) is 5.92 Å². The van der Waals surface area contributed by atoms with Crippen LogP contribution < -0.4 is 0 Å². The van der Waals surface area contributed by atoms with Crippen molar-refractivity contribution in [1.82, 2.24) is 4.90 Å². The van der Waals surface area contributed by atoms with Gasteiger partial charge in [0.15, 0.2) is 0 Å². The number of rotatable bonds is 9. The fourth-order valence-corrected chi connectivity index (χ4v) is 1.85. The smallest absolute Gasteiger partial charge is 0.00868 e. The molecule has 0 bridgehead atoms. The Bertz CT molecular complexity index is 184. The largest absolute Gasteiger partial charge is 0.303 e. The molecule has 96 valence electrons. The first-order valence-corrected chi connectivity index (χ1v) is 6.79. The maximum Gasteiger partial charge on any atom is 0.00868 e. The van der Waals surface area contributed by atoms with Gasteiger partial charge in [0.1, 0.15) is 0 Å². The summed E-state index contributed by atoms with van der Waals surface area (Å²) in [6.45, 7) is 14.2. The van der Waals surface area contributed by atoms with Gasteiger partial charge in [-0.3, -0.25) is 0 Å².